The number of aromatic nitrogens is 5. The quantitative estimate of drug-likeness (QED) is 0.131. The molecular formula is C63H70Cl3FN8O3. The lowest BCUT2D eigenvalue weighted by molar-refractivity contribution is 0.0377. The highest BCUT2D eigenvalue weighted by atomic mass is 35.5. The van der Waals surface area contributed by atoms with Gasteiger partial charge in [0.25, 0.3) is 0 Å². The first-order chi connectivity index (χ1) is 37.0. The molecule has 15 heteroatoms. The standard InChI is InChI=1S/C21H22ClFN2O.2C21H24ClN3O/c1-21(26,14-3-6-16(23)7-4-14)13-25-19-8-5-15(22)11-17(19)18-12-24(2)10-9-20(18)25;2*1-14-4-5-15(11-23-14)21(2,26)13-25-19-7-6-16(22)10-17(19)18-12-24(3)9-8-20(18)25/h3-8,11,26H,9-10,12-13H2,1-2H3;2*4-7,10-11,26H,8-9,12-13H2,1-3H3/t3*21-/m010/s1. The summed E-state index contributed by atoms with van der Waals surface area (Å²) in [5, 5.41) is 39.3. The van der Waals surface area contributed by atoms with Gasteiger partial charge in [0.15, 0.2) is 0 Å². The minimum Gasteiger partial charge on any atom is -0.384 e. The van der Waals surface area contributed by atoms with Gasteiger partial charge in [-0.25, -0.2) is 4.39 Å². The van der Waals surface area contributed by atoms with Gasteiger partial charge in [-0.3, -0.25) is 9.97 Å². The van der Waals surface area contributed by atoms with Crippen molar-refractivity contribution in [2.24, 2.45) is 0 Å². The van der Waals surface area contributed by atoms with Crippen molar-refractivity contribution in [3.8, 4) is 0 Å². The van der Waals surface area contributed by atoms with Gasteiger partial charge in [-0.15, -0.1) is 0 Å². The SMILES string of the molecule is CN1CCc2c(c3cc(Cl)ccc3n2C[C@](C)(O)c2ccc(F)cc2)C1.Cc1ccc([C@@](C)(O)Cn2c3c(c4cc(Cl)ccc42)CN(C)CC3)cn1.Cc1ccc([C@](C)(O)Cn2c3c(c4cc(Cl)ccc42)CN(C)CC3)cn1. The molecule has 5 aromatic heterocycles. The van der Waals surface area contributed by atoms with E-state index in [0.29, 0.717) is 25.2 Å². The highest BCUT2D eigenvalue weighted by molar-refractivity contribution is 6.32. The van der Waals surface area contributed by atoms with Gasteiger partial charge in [-0.1, -0.05) is 59.1 Å². The number of aliphatic hydroxyl groups is 3. The first-order valence-electron chi connectivity index (χ1n) is 26.8. The maximum absolute atomic E-state index is 13.3. The first kappa shape index (κ1) is 55.7. The zero-order valence-electron chi connectivity index (χ0n) is 45.9. The van der Waals surface area contributed by atoms with E-state index in [4.69, 9.17) is 34.8 Å². The fraction of sp³-hybridized carbons (Fsp3) is 0.365. The number of aryl methyl sites for hydroxylation is 2. The van der Waals surface area contributed by atoms with Crippen LogP contribution in [0.3, 0.4) is 0 Å². The van der Waals surface area contributed by atoms with Gasteiger partial charge < -0.3 is 43.7 Å². The molecule has 0 amide bonds. The number of pyridine rings is 2. The Kier molecular flexibility index (Phi) is 15.8. The van der Waals surface area contributed by atoms with Crippen LogP contribution in [0.25, 0.3) is 32.7 Å². The smallest absolute Gasteiger partial charge is 0.123 e. The second-order valence-electron chi connectivity index (χ2n) is 22.7. The van der Waals surface area contributed by atoms with Crippen molar-refractivity contribution in [1.82, 2.24) is 38.4 Å². The number of rotatable bonds is 9. The Balaban J connectivity index is 0.000000132. The number of fused-ring (bicyclic) bond motifs is 9. The Morgan fingerprint density at radius 1 is 0.462 bits per heavy atom. The molecule has 12 rings (SSSR count). The van der Waals surface area contributed by atoms with Crippen LogP contribution in [-0.2, 0) is 75.3 Å². The maximum Gasteiger partial charge on any atom is 0.123 e. The van der Waals surface area contributed by atoms with Crippen LogP contribution in [0, 0.1) is 19.7 Å². The molecule has 0 aliphatic carbocycles. The largest absolute Gasteiger partial charge is 0.384 e. The number of benzene rings is 4. The van der Waals surface area contributed by atoms with Crippen LogP contribution >= 0.6 is 34.8 Å². The minimum atomic E-state index is -1.10. The van der Waals surface area contributed by atoms with Crippen molar-refractivity contribution in [2.45, 2.75) is 110 Å². The summed E-state index contributed by atoms with van der Waals surface area (Å²) in [5.74, 6) is -0.300. The molecule has 408 valence electrons. The summed E-state index contributed by atoms with van der Waals surface area (Å²) < 4.78 is 20.0. The van der Waals surface area contributed by atoms with Crippen LogP contribution in [0.4, 0.5) is 4.39 Å². The summed E-state index contributed by atoms with van der Waals surface area (Å²) in [6.45, 7) is 16.5. The summed E-state index contributed by atoms with van der Waals surface area (Å²) in [7, 11) is 6.40. The highest BCUT2D eigenvalue weighted by Gasteiger charge is 2.33. The summed E-state index contributed by atoms with van der Waals surface area (Å²) in [6.07, 6.45) is 6.43. The van der Waals surface area contributed by atoms with Crippen LogP contribution in [-0.4, -0.2) is 94.5 Å². The second kappa shape index (κ2) is 22.1. The van der Waals surface area contributed by atoms with E-state index in [0.717, 1.165) is 118 Å². The van der Waals surface area contributed by atoms with Gasteiger partial charge in [0.2, 0.25) is 0 Å². The Labute approximate surface area is 472 Å². The van der Waals surface area contributed by atoms with Gasteiger partial charge in [-0.2, -0.15) is 0 Å². The molecular weight excluding hydrogens is 1040 g/mol. The van der Waals surface area contributed by atoms with Crippen LogP contribution in [0.15, 0.2) is 116 Å². The molecule has 3 aliphatic rings. The van der Waals surface area contributed by atoms with Gasteiger partial charge in [0.1, 0.15) is 22.6 Å². The lowest BCUT2D eigenvalue weighted by Gasteiger charge is -2.29. The molecule has 9 aromatic rings. The Bertz CT molecular complexity index is 3260. The third kappa shape index (κ3) is 11.5. The molecule has 11 nitrogen and oxygen atoms in total. The maximum atomic E-state index is 13.3. The van der Waals surface area contributed by atoms with Crippen LogP contribution < -0.4 is 0 Å². The van der Waals surface area contributed by atoms with Gasteiger partial charge in [-0.05, 0) is 157 Å². The number of halogens is 4. The summed E-state index contributed by atoms with van der Waals surface area (Å²) in [4.78, 5) is 15.7. The molecule has 3 aliphatic heterocycles. The summed E-state index contributed by atoms with van der Waals surface area (Å²) in [6, 6.07) is 31.9. The van der Waals surface area contributed by atoms with Crippen molar-refractivity contribution in [2.75, 3.05) is 40.8 Å². The molecule has 3 atom stereocenters. The molecule has 0 saturated carbocycles. The van der Waals surface area contributed by atoms with Gasteiger partial charge in [0, 0.05) is 158 Å². The fourth-order valence-electron chi connectivity index (χ4n) is 11.8. The fourth-order valence-corrected chi connectivity index (χ4v) is 12.3. The summed E-state index contributed by atoms with van der Waals surface area (Å²) >= 11 is 18.8. The van der Waals surface area contributed by atoms with Crippen molar-refractivity contribution >= 4 is 67.5 Å². The monoisotopic (exact) mass is 1110 g/mol. The lowest BCUT2D eigenvalue weighted by atomic mass is 9.95. The van der Waals surface area contributed by atoms with E-state index in [1.165, 1.54) is 56.7 Å². The Hall–Kier alpha value is -5.64. The molecule has 0 bridgehead atoms. The molecule has 0 radical (unpaired) electrons. The predicted molar refractivity (Wildman–Crippen MR) is 314 cm³/mol. The van der Waals surface area contributed by atoms with Gasteiger partial charge in [0.05, 0.1) is 19.6 Å². The number of likely N-dealkylation sites (N-methyl/N-ethyl adjacent to an activating group) is 3. The molecule has 0 spiro atoms. The average Bonchev–Trinajstić information content (AvgIpc) is 4.09. The molecule has 8 heterocycles. The van der Waals surface area contributed by atoms with E-state index in [2.05, 4.69) is 71.6 Å². The van der Waals surface area contributed by atoms with E-state index < -0.39 is 16.8 Å². The van der Waals surface area contributed by atoms with E-state index in [1.807, 2.05) is 94.4 Å². The third-order valence-electron chi connectivity index (χ3n) is 16.2. The molecule has 0 saturated heterocycles. The van der Waals surface area contributed by atoms with Crippen LogP contribution in [0.5, 0.6) is 0 Å². The van der Waals surface area contributed by atoms with E-state index in [-0.39, 0.29) is 5.82 Å². The molecule has 0 fully saturated rings. The molecule has 0 unspecified atom stereocenters. The Morgan fingerprint density at radius 2 is 0.769 bits per heavy atom. The topological polar surface area (TPSA) is 111 Å². The zero-order chi connectivity index (χ0) is 55.4. The number of hydrogen-bond acceptors (Lipinski definition) is 8. The van der Waals surface area contributed by atoms with Crippen LogP contribution in [0.2, 0.25) is 15.1 Å². The number of hydrogen-bond donors (Lipinski definition) is 3. The van der Waals surface area contributed by atoms with Crippen LogP contribution in [0.1, 0.15) is 82.6 Å². The Morgan fingerprint density at radius 3 is 1.08 bits per heavy atom. The van der Waals surface area contributed by atoms with E-state index in [9.17, 15) is 19.7 Å². The van der Waals surface area contributed by atoms with Crippen molar-refractivity contribution in [1.29, 1.82) is 0 Å². The van der Waals surface area contributed by atoms with Crippen molar-refractivity contribution in [3.05, 3.63) is 198 Å². The third-order valence-corrected chi connectivity index (χ3v) is 16.9. The van der Waals surface area contributed by atoms with E-state index in [1.54, 1.807) is 31.5 Å². The van der Waals surface area contributed by atoms with Gasteiger partial charge >= 0.3 is 0 Å². The number of nitrogens with zero attached hydrogens (tertiary/aromatic N) is 8. The second-order valence-corrected chi connectivity index (χ2v) is 24.0. The normalized spacial score (nSPS) is 17.3. The molecule has 78 heavy (non-hydrogen) atoms. The molecule has 3 N–H and O–H groups in total. The minimum absolute atomic E-state index is 0.300. The van der Waals surface area contributed by atoms with E-state index >= 15 is 0 Å². The highest BCUT2D eigenvalue weighted by Crippen LogP contribution is 2.39. The van der Waals surface area contributed by atoms with Crippen molar-refractivity contribution in [3.63, 3.8) is 0 Å². The summed E-state index contributed by atoms with van der Waals surface area (Å²) in [5.41, 5.74) is 12.3. The molecule has 4 aromatic carbocycles. The first-order valence-corrected chi connectivity index (χ1v) is 27.9. The lowest BCUT2D eigenvalue weighted by Crippen LogP contribution is -2.31. The predicted octanol–water partition coefficient (Wildman–Crippen LogP) is 12.1. The average molecular weight is 1110 g/mol. The zero-order valence-corrected chi connectivity index (χ0v) is 48.2. The van der Waals surface area contributed by atoms with Crippen molar-refractivity contribution < 1.29 is 19.7 Å².